The Kier molecular flexibility index (Phi) is 24.4. The molecule has 0 spiro atoms. The van der Waals surface area contributed by atoms with Crippen LogP contribution in [0.5, 0.6) is 0 Å². The van der Waals surface area contributed by atoms with Gasteiger partial charge in [0.25, 0.3) is 0 Å². The van der Waals surface area contributed by atoms with Crippen molar-refractivity contribution in [2.75, 3.05) is 0 Å². The molecule has 1 atom stereocenters. The molecule has 1 fully saturated rings. The SMILES string of the molecule is CC.CC.CC.CC.CCCC(C)C1CCC(c2ccc(F)c(F)c2)CC1. The second-order valence-corrected chi connectivity index (χ2v) is 6.05. The molecule has 162 valence electrons. The molecular formula is C25H48F2. The molecular weight excluding hydrogens is 338 g/mol. The molecule has 1 saturated carbocycles. The van der Waals surface area contributed by atoms with Crippen LogP contribution < -0.4 is 0 Å². The molecule has 0 amide bonds. The first-order valence-electron chi connectivity index (χ1n) is 11.6. The standard InChI is InChI=1S/C17H24F2.4C2H6/c1-3-4-12(2)13-5-7-14(8-6-13)15-9-10-16(18)17(19)11-15;4*1-2/h9-14H,3-8H2,1-2H3;4*1-2H3. The Balaban J connectivity index is -0.000000638. The van der Waals surface area contributed by atoms with Gasteiger partial charge in [-0.1, -0.05) is 88.1 Å². The molecule has 2 heteroatoms. The largest absolute Gasteiger partial charge is 0.204 e. The van der Waals surface area contributed by atoms with Crippen LogP contribution in [0.4, 0.5) is 8.78 Å². The molecule has 1 aliphatic rings. The van der Waals surface area contributed by atoms with E-state index in [2.05, 4.69) is 13.8 Å². The van der Waals surface area contributed by atoms with Crippen molar-refractivity contribution in [1.29, 1.82) is 0 Å². The average Bonchev–Trinajstić information content (AvgIpc) is 2.76. The second kappa shape index (κ2) is 21.4. The van der Waals surface area contributed by atoms with E-state index in [1.807, 2.05) is 55.4 Å². The van der Waals surface area contributed by atoms with Crippen LogP contribution in [-0.2, 0) is 0 Å². The van der Waals surface area contributed by atoms with E-state index in [0.29, 0.717) is 5.92 Å². The van der Waals surface area contributed by atoms with Crippen molar-refractivity contribution < 1.29 is 8.78 Å². The van der Waals surface area contributed by atoms with Crippen LogP contribution in [-0.4, -0.2) is 0 Å². The molecule has 0 aliphatic heterocycles. The monoisotopic (exact) mass is 386 g/mol. The molecule has 0 bridgehead atoms. The van der Waals surface area contributed by atoms with Crippen LogP contribution >= 0.6 is 0 Å². The van der Waals surface area contributed by atoms with Crippen molar-refractivity contribution in [2.45, 2.75) is 114 Å². The summed E-state index contributed by atoms with van der Waals surface area (Å²) in [5, 5.41) is 0. The van der Waals surface area contributed by atoms with E-state index < -0.39 is 11.6 Å². The van der Waals surface area contributed by atoms with Crippen molar-refractivity contribution in [2.24, 2.45) is 11.8 Å². The van der Waals surface area contributed by atoms with Crippen molar-refractivity contribution in [3.8, 4) is 0 Å². The van der Waals surface area contributed by atoms with E-state index in [1.165, 1.54) is 37.8 Å². The Bertz CT molecular complexity index is 407. The summed E-state index contributed by atoms with van der Waals surface area (Å²) in [7, 11) is 0. The molecule has 27 heavy (non-hydrogen) atoms. The Morgan fingerprint density at radius 1 is 0.815 bits per heavy atom. The van der Waals surface area contributed by atoms with E-state index in [9.17, 15) is 8.78 Å². The third-order valence-corrected chi connectivity index (χ3v) is 4.74. The number of halogens is 2. The topological polar surface area (TPSA) is 0 Å². The van der Waals surface area contributed by atoms with Gasteiger partial charge in [0.2, 0.25) is 0 Å². The molecule has 1 aromatic carbocycles. The molecule has 1 aliphatic carbocycles. The minimum absolute atomic E-state index is 0.417. The summed E-state index contributed by atoms with van der Waals surface area (Å²) in [6.45, 7) is 20.6. The van der Waals surface area contributed by atoms with Crippen molar-refractivity contribution in [3.05, 3.63) is 35.4 Å². The van der Waals surface area contributed by atoms with Gasteiger partial charge in [-0.2, -0.15) is 0 Å². The lowest BCUT2D eigenvalue weighted by atomic mass is 9.73. The lowest BCUT2D eigenvalue weighted by Gasteiger charge is -2.32. The molecule has 1 unspecified atom stereocenters. The van der Waals surface area contributed by atoms with Crippen LogP contribution in [0.3, 0.4) is 0 Å². The fraction of sp³-hybridized carbons (Fsp3) is 0.760. The van der Waals surface area contributed by atoms with Gasteiger partial charge in [-0.15, -0.1) is 0 Å². The Labute approximate surface area is 170 Å². The van der Waals surface area contributed by atoms with Gasteiger partial charge in [0.15, 0.2) is 11.6 Å². The lowest BCUT2D eigenvalue weighted by molar-refractivity contribution is 0.234. The highest BCUT2D eigenvalue weighted by molar-refractivity contribution is 5.22. The summed E-state index contributed by atoms with van der Waals surface area (Å²) in [6.07, 6.45) is 7.24. The first kappa shape index (κ1) is 30.8. The third-order valence-electron chi connectivity index (χ3n) is 4.74. The molecule has 0 nitrogen and oxygen atoms in total. The van der Waals surface area contributed by atoms with Gasteiger partial charge in [-0.25, -0.2) is 8.78 Å². The first-order valence-corrected chi connectivity index (χ1v) is 11.6. The number of benzene rings is 1. The maximum atomic E-state index is 13.3. The average molecular weight is 387 g/mol. The Morgan fingerprint density at radius 3 is 1.70 bits per heavy atom. The van der Waals surface area contributed by atoms with Crippen LogP contribution in [0.1, 0.15) is 119 Å². The highest BCUT2D eigenvalue weighted by Crippen LogP contribution is 2.39. The molecule has 0 N–H and O–H groups in total. The molecule has 1 aromatic rings. The van der Waals surface area contributed by atoms with Gasteiger partial charge in [0.1, 0.15) is 0 Å². The zero-order valence-electron chi connectivity index (χ0n) is 20.0. The van der Waals surface area contributed by atoms with Crippen molar-refractivity contribution >= 4 is 0 Å². The summed E-state index contributed by atoms with van der Waals surface area (Å²) in [5.41, 5.74) is 0.973. The van der Waals surface area contributed by atoms with Gasteiger partial charge in [0, 0.05) is 0 Å². The number of rotatable bonds is 4. The minimum Gasteiger partial charge on any atom is -0.204 e. The summed E-state index contributed by atoms with van der Waals surface area (Å²) >= 11 is 0. The summed E-state index contributed by atoms with van der Waals surface area (Å²) in [6, 6.07) is 4.39. The van der Waals surface area contributed by atoms with Gasteiger partial charge in [0.05, 0.1) is 0 Å². The van der Waals surface area contributed by atoms with Crippen molar-refractivity contribution in [1.82, 2.24) is 0 Å². The lowest BCUT2D eigenvalue weighted by Crippen LogP contribution is -2.19. The zero-order valence-corrected chi connectivity index (χ0v) is 20.0. The smallest absolute Gasteiger partial charge is 0.159 e. The van der Waals surface area contributed by atoms with E-state index in [1.54, 1.807) is 6.07 Å². The Hall–Kier alpha value is -0.920. The second-order valence-electron chi connectivity index (χ2n) is 6.05. The van der Waals surface area contributed by atoms with E-state index in [4.69, 9.17) is 0 Å². The van der Waals surface area contributed by atoms with Gasteiger partial charge < -0.3 is 0 Å². The maximum Gasteiger partial charge on any atom is 0.159 e. The fourth-order valence-electron chi connectivity index (χ4n) is 3.48. The molecule has 0 heterocycles. The Morgan fingerprint density at radius 2 is 1.30 bits per heavy atom. The molecule has 2 rings (SSSR count). The predicted octanol–water partition coefficient (Wildman–Crippen LogP) is 9.78. The number of hydrogen-bond acceptors (Lipinski definition) is 0. The molecule has 0 saturated heterocycles. The van der Waals surface area contributed by atoms with Gasteiger partial charge in [-0.3, -0.25) is 0 Å². The summed E-state index contributed by atoms with van der Waals surface area (Å²) < 4.78 is 26.2. The number of hydrogen-bond donors (Lipinski definition) is 0. The van der Waals surface area contributed by atoms with Gasteiger partial charge >= 0.3 is 0 Å². The normalized spacial score (nSPS) is 18.7. The van der Waals surface area contributed by atoms with Crippen LogP contribution in [0, 0.1) is 23.5 Å². The van der Waals surface area contributed by atoms with Crippen LogP contribution in [0.25, 0.3) is 0 Å². The predicted molar refractivity (Wildman–Crippen MR) is 121 cm³/mol. The molecule has 0 radical (unpaired) electrons. The van der Waals surface area contributed by atoms with E-state index in [-0.39, 0.29) is 0 Å². The summed E-state index contributed by atoms with van der Waals surface area (Å²) in [5.74, 6) is 0.588. The van der Waals surface area contributed by atoms with E-state index in [0.717, 1.165) is 30.2 Å². The third kappa shape index (κ3) is 12.2. The maximum absolute atomic E-state index is 13.3. The fourth-order valence-corrected chi connectivity index (χ4v) is 3.48. The zero-order chi connectivity index (χ0) is 21.8. The van der Waals surface area contributed by atoms with Crippen LogP contribution in [0.15, 0.2) is 18.2 Å². The van der Waals surface area contributed by atoms with Crippen molar-refractivity contribution in [3.63, 3.8) is 0 Å². The van der Waals surface area contributed by atoms with Gasteiger partial charge in [-0.05, 0) is 61.1 Å². The quantitative estimate of drug-likeness (QED) is 0.483. The first-order chi connectivity index (χ1) is 13.1. The van der Waals surface area contributed by atoms with E-state index >= 15 is 0 Å². The minimum atomic E-state index is -0.742. The summed E-state index contributed by atoms with van der Waals surface area (Å²) in [4.78, 5) is 0. The van der Waals surface area contributed by atoms with Crippen LogP contribution in [0.2, 0.25) is 0 Å². The highest BCUT2D eigenvalue weighted by Gasteiger charge is 2.26. The molecule has 0 aromatic heterocycles. The highest BCUT2D eigenvalue weighted by atomic mass is 19.2.